The quantitative estimate of drug-likeness (QED) is 0.875. The summed E-state index contributed by atoms with van der Waals surface area (Å²) in [6.07, 6.45) is 1.64. The lowest BCUT2D eigenvalue weighted by molar-refractivity contribution is 0.425. The van der Waals surface area contributed by atoms with Crippen molar-refractivity contribution in [1.82, 2.24) is 10.3 Å². The molecule has 2 aromatic rings. The molecule has 0 spiro atoms. The van der Waals surface area contributed by atoms with Crippen LogP contribution in [0.5, 0.6) is 5.75 Å². The number of phenolic OH excluding ortho intramolecular Hbond substituents is 1. The molecule has 0 bridgehead atoms. The molecular weight excluding hydrogens is 235 g/mol. The highest BCUT2D eigenvalue weighted by molar-refractivity contribution is 5.29. The van der Waals surface area contributed by atoms with Gasteiger partial charge in [-0.1, -0.05) is 6.07 Å². The Kier molecular flexibility index (Phi) is 3.62. The van der Waals surface area contributed by atoms with Crippen LogP contribution in [0.25, 0.3) is 0 Å². The standard InChI is InChI=1S/C13H15FN2O2/c1-8-6-16-13(18-8)7-15-9(2)11-4-3-10(17)5-12(11)14/h3-6,9,15,17H,7H2,1-2H3. The van der Waals surface area contributed by atoms with Crippen molar-refractivity contribution in [2.24, 2.45) is 0 Å². The normalized spacial score (nSPS) is 12.6. The Bertz CT molecular complexity index is 540. The van der Waals surface area contributed by atoms with Crippen molar-refractivity contribution >= 4 is 0 Å². The number of rotatable bonds is 4. The van der Waals surface area contributed by atoms with Gasteiger partial charge in [0.15, 0.2) is 0 Å². The molecule has 0 saturated carbocycles. The molecule has 1 aromatic heterocycles. The number of benzene rings is 1. The van der Waals surface area contributed by atoms with Gasteiger partial charge in [0.1, 0.15) is 17.3 Å². The Morgan fingerprint density at radius 3 is 2.89 bits per heavy atom. The van der Waals surface area contributed by atoms with E-state index in [9.17, 15) is 4.39 Å². The fraction of sp³-hybridized carbons (Fsp3) is 0.308. The van der Waals surface area contributed by atoms with E-state index in [-0.39, 0.29) is 11.8 Å². The number of nitrogens with zero attached hydrogens (tertiary/aromatic N) is 1. The van der Waals surface area contributed by atoms with Gasteiger partial charge in [-0.25, -0.2) is 9.37 Å². The number of aromatic nitrogens is 1. The van der Waals surface area contributed by atoms with Crippen molar-refractivity contribution in [2.45, 2.75) is 26.4 Å². The number of phenols is 1. The molecular formula is C13H15FN2O2. The van der Waals surface area contributed by atoms with Gasteiger partial charge in [-0.2, -0.15) is 0 Å². The van der Waals surface area contributed by atoms with E-state index in [1.54, 1.807) is 12.3 Å². The smallest absolute Gasteiger partial charge is 0.208 e. The number of aryl methyl sites for hydroxylation is 1. The Balaban J connectivity index is 2.01. The summed E-state index contributed by atoms with van der Waals surface area (Å²) in [4.78, 5) is 4.06. The minimum absolute atomic E-state index is 0.0771. The molecule has 0 aliphatic rings. The molecule has 4 nitrogen and oxygen atoms in total. The summed E-state index contributed by atoms with van der Waals surface area (Å²) >= 11 is 0. The van der Waals surface area contributed by atoms with Crippen LogP contribution in [0.2, 0.25) is 0 Å². The number of aromatic hydroxyl groups is 1. The second-order valence-electron chi connectivity index (χ2n) is 4.17. The Hall–Kier alpha value is -1.88. The summed E-state index contributed by atoms with van der Waals surface area (Å²) in [5.41, 5.74) is 0.496. The van der Waals surface area contributed by atoms with E-state index < -0.39 is 5.82 Å². The summed E-state index contributed by atoms with van der Waals surface area (Å²) in [7, 11) is 0. The maximum Gasteiger partial charge on any atom is 0.208 e. The molecule has 1 aromatic carbocycles. The lowest BCUT2D eigenvalue weighted by atomic mass is 10.1. The fourth-order valence-electron chi connectivity index (χ4n) is 1.70. The van der Waals surface area contributed by atoms with Gasteiger partial charge < -0.3 is 14.8 Å². The molecule has 0 saturated heterocycles. The maximum absolute atomic E-state index is 13.6. The van der Waals surface area contributed by atoms with Crippen LogP contribution in [0.3, 0.4) is 0 Å². The predicted octanol–water partition coefficient (Wildman–Crippen LogP) is 2.68. The van der Waals surface area contributed by atoms with Gasteiger partial charge in [0.25, 0.3) is 0 Å². The van der Waals surface area contributed by atoms with Crippen LogP contribution in [0.15, 0.2) is 28.8 Å². The highest BCUT2D eigenvalue weighted by Gasteiger charge is 2.12. The first kappa shape index (κ1) is 12.6. The fourth-order valence-corrected chi connectivity index (χ4v) is 1.70. The minimum Gasteiger partial charge on any atom is -0.508 e. The van der Waals surface area contributed by atoms with Crippen LogP contribution < -0.4 is 5.32 Å². The maximum atomic E-state index is 13.6. The Labute approximate surface area is 104 Å². The van der Waals surface area contributed by atoms with Crippen LogP contribution in [0.1, 0.15) is 30.2 Å². The number of nitrogens with one attached hydrogen (secondary N) is 1. The molecule has 0 amide bonds. The van der Waals surface area contributed by atoms with E-state index in [2.05, 4.69) is 10.3 Å². The Morgan fingerprint density at radius 2 is 2.28 bits per heavy atom. The molecule has 1 unspecified atom stereocenters. The van der Waals surface area contributed by atoms with Gasteiger partial charge in [-0.3, -0.25) is 0 Å². The molecule has 1 atom stereocenters. The van der Waals surface area contributed by atoms with Crippen molar-refractivity contribution in [2.75, 3.05) is 0 Å². The van der Waals surface area contributed by atoms with Gasteiger partial charge in [0, 0.05) is 17.7 Å². The van der Waals surface area contributed by atoms with Crippen molar-refractivity contribution in [3.63, 3.8) is 0 Å². The third kappa shape index (κ3) is 2.87. The van der Waals surface area contributed by atoms with E-state index in [4.69, 9.17) is 9.52 Å². The highest BCUT2D eigenvalue weighted by Crippen LogP contribution is 2.21. The summed E-state index contributed by atoms with van der Waals surface area (Å²) < 4.78 is 18.9. The average Bonchev–Trinajstić information content (AvgIpc) is 2.72. The molecule has 0 aliphatic heterocycles. The van der Waals surface area contributed by atoms with Crippen LogP contribution in [-0.2, 0) is 6.54 Å². The van der Waals surface area contributed by atoms with E-state index in [0.29, 0.717) is 18.0 Å². The van der Waals surface area contributed by atoms with Crippen LogP contribution in [0, 0.1) is 12.7 Å². The lowest BCUT2D eigenvalue weighted by Gasteiger charge is -2.13. The topological polar surface area (TPSA) is 58.3 Å². The molecule has 18 heavy (non-hydrogen) atoms. The van der Waals surface area contributed by atoms with Gasteiger partial charge in [-0.05, 0) is 19.9 Å². The predicted molar refractivity (Wildman–Crippen MR) is 64.6 cm³/mol. The second-order valence-corrected chi connectivity index (χ2v) is 4.17. The molecule has 0 aliphatic carbocycles. The number of oxazole rings is 1. The summed E-state index contributed by atoms with van der Waals surface area (Å²) in [6, 6.07) is 3.93. The number of hydrogen-bond acceptors (Lipinski definition) is 4. The van der Waals surface area contributed by atoms with Crippen molar-refractivity contribution in [3.05, 3.63) is 47.4 Å². The monoisotopic (exact) mass is 250 g/mol. The largest absolute Gasteiger partial charge is 0.508 e. The first-order chi connectivity index (χ1) is 8.56. The Morgan fingerprint density at radius 1 is 1.50 bits per heavy atom. The van der Waals surface area contributed by atoms with Gasteiger partial charge in [-0.15, -0.1) is 0 Å². The molecule has 96 valence electrons. The zero-order valence-corrected chi connectivity index (χ0v) is 10.3. The van der Waals surface area contributed by atoms with Gasteiger partial charge in [0.05, 0.1) is 12.7 Å². The molecule has 2 N–H and O–H groups in total. The summed E-state index contributed by atoms with van der Waals surface area (Å²) in [6.45, 7) is 4.08. The third-order valence-electron chi connectivity index (χ3n) is 2.68. The van der Waals surface area contributed by atoms with Crippen molar-refractivity contribution in [3.8, 4) is 5.75 Å². The zero-order chi connectivity index (χ0) is 13.1. The van der Waals surface area contributed by atoms with Crippen LogP contribution >= 0.6 is 0 Å². The van der Waals surface area contributed by atoms with E-state index in [0.717, 1.165) is 11.8 Å². The molecule has 0 radical (unpaired) electrons. The number of halogens is 1. The zero-order valence-electron chi connectivity index (χ0n) is 10.3. The van der Waals surface area contributed by atoms with Gasteiger partial charge in [0.2, 0.25) is 5.89 Å². The van der Waals surface area contributed by atoms with E-state index >= 15 is 0 Å². The minimum atomic E-state index is -0.432. The van der Waals surface area contributed by atoms with Crippen LogP contribution in [0.4, 0.5) is 4.39 Å². The summed E-state index contributed by atoms with van der Waals surface area (Å²) in [5, 5.41) is 12.3. The summed E-state index contributed by atoms with van der Waals surface area (Å²) in [5.74, 6) is 0.805. The molecule has 0 fully saturated rings. The average molecular weight is 250 g/mol. The SMILES string of the molecule is Cc1cnc(CNC(C)c2ccc(O)cc2F)o1. The second kappa shape index (κ2) is 5.18. The first-order valence-electron chi connectivity index (χ1n) is 5.69. The van der Waals surface area contributed by atoms with Crippen molar-refractivity contribution in [1.29, 1.82) is 0 Å². The molecule has 2 rings (SSSR count). The lowest BCUT2D eigenvalue weighted by Crippen LogP contribution is -2.19. The van der Waals surface area contributed by atoms with Gasteiger partial charge >= 0.3 is 0 Å². The molecule has 5 heteroatoms. The third-order valence-corrected chi connectivity index (χ3v) is 2.68. The van der Waals surface area contributed by atoms with Crippen LogP contribution in [-0.4, -0.2) is 10.1 Å². The van der Waals surface area contributed by atoms with Crippen molar-refractivity contribution < 1.29 is 13.9 Å². The number of hydrogen-bond donors (Lipinski definition) is 2. The molecule has 1 heterocycles. The van der Waals surface area contributed by atoms with E-state index in [1.807, 2.05) is 13.8 Å². The van der Waals surface area contributed by atoms with E-state index in [1.165, 1.54) is 6.07 Å². The highest BCUT2D eigenvalue weighted by atomic mass is 19.1. The first-order valence-corrected chi connectivity index (χ1v) is 5.69.